The summed E-state index contributed by atoms with van der Waals surface area (Å²) in [6.07, 6.45) is 8.40. The second kappa shape index (κ2) is 7.36. The molecule has 0 spiro atoms. The number of carbonyl (C=O) groups excluding carboxylic acids is 1. The van der Waals surface area contributed by atoms with Gasteiger partial charge in [-0.05, 0) is 49.7 Å². The molecule has 5 heteroatoms. The number of carbonyl (C=O) groups is 1. The quantitative estimate of drug-likeness (QED) is 0.821. The first-order chi connectivity index (χ1) is 13.7. The van der Waals surface area contributed by atoms with Crippen molar-refractivity contribution in [2.45, 2.75) is 44.7 Å². The second-order valence-electron chi connectivity index (χ2n) is 8.97. The van der Waals surface area contributed by atoms with Crippen LogP contribution in [0.25, 0.3) is 10.9 Å². The number of piperidine rings is 1. The van der Waals surface area contributed by atoms with Gasteiger partial charge in [0.25, 0.3) is 0 Å². The third-order valence-corrected chi connectivity index (χ3v) is 7.09. The van der Waals surface area contributed by atoms with Gasteiger partial charge < -0.3 is 9.47 Å². The summed E-state index contributed by atoms with van der Waals surface area (Å²) < 4.78 is 1.93. The van der Waals surface area contributed by atoms with E-state index in [-0.39, 0.29) is 11.3 Å². The number of aromatic nitrogens is 1. The standard InChI is InChI=1S/C23H29N3O2/c27-22-10-11-24(21-7-2-1-6-20(21)22)16-23(28)26-14-18-8-9-19(15-26)25(13-18)12-17-4-3-5-17/h1-2,6-7,10-11,17-19H,3-5,8-9,12-16H2/t18-,19-/m1/s1. The molecule has 3 saturated heterocycles. The molecule has 1 aromatic heterocycles. The lowest BCUT2D eigenvalue weighted by atomic mass is 9.83. The Kier molecular flexibility index (Phi) is 4.71. The molecule has 3 aliphatic heterocycles. The highest BCUT2D eigenvalue weighted by molar-refractivity contribution is 5.82. The molecule has 1 aromatic carbocycles. The highest BCUT2D eigenvalue weighted by Gasteiger charge is 2.37. The van der Waals surface area contributed by atoms with Gasteiger partial charge in [-0.15, -0.1) is 0 Å². The molecular weight excluding hydrogens is 350 g/mol. The number of hydrogen-bond acceptors (Lipinski definition) is 3. The van der Waals surface area contributed by atoms with Gasteiger partial charge in [0.05, 0.1) is 5.52 Å². The molecule has 28 heavy (non-hydrogen) atoms. The lowest BCUT2D eigenvalue weighted by molar-refractivity contribution is -0.132. The summed E-state index contributed by atoms with van der Waals surface area (Å²) in [5.41, 5.74) is 0.853. The first-order valence-electron chi connectivity index (χ1n) is 10.8. The average Bonchev–Trinajstić information content (AvgIpc) is 2.99. The lowest BCUT2D eigenvalue weighted by Crippen LogP contribution is -2.47. The van der Waals surface area contributed by atoms with Gasteiger partial charge in [-0.1, -0.05) is 18.6 Å². The van der Waals surface area contributed by atoms with Crippen molar-refractivity contribution in [3.8, 4) is 0 Å². The summed E-state index contributed by atoms with van der Waals surface area (Å²) in [6, 6.07) is 9.66. The fourth-order valence-corrected chi connectivity index (χ4v) is 5.26. The Morgan fingerprint density at radius 2 is 1.86 bits per heavy atom. The number of amides is 1. The monoisotopic (exact) mass is 379 g/mol. The number of benzene rings is 1. The van der Waals surface area contributed by atoms with Crippen molar-refractivity contribution < 1.29 is 4.79 Å². The third kappa shape index (κ3) is 3.37. The molecule has 0 unspecified atom stereocenters. The van der Waals surface area contributed by atoms with Crippen LogP contribution in [0.1, 0.15) is 32.1 Å². The zero-order valence-electron chi connectivity index (χ0n) is 16.4. The second-order valence-corrected chi connectivity index (χ2v) is 8.97. The van der Waals surface area contributed by atoms with E-state index in [2.05, 4.69) is 9.80 Å². The van der Waals surface area contributed by atoms with E-state index < -0.39 is 0 Å². The van der Waals surface area contributed by atoms with Crippen LogP contribution in [0, 0.1) is 11.8 Å². The van der Waals surface area contributed by atoms with Crippen molar-refractivity contribution in [1.82, 2.24) is 14.4 Å². The summed E-state index contributed by atoms with van der Waals surface area (Å²) in [4.78, 5) is 30.0. The Morgan fingerprint density at radius 1 is 1.00 bits per heavy atom. The lowest BCUT2D eigenvalue weighted by Gasteiger charge is -2.40. The van der Waals surface area contributed by atoms with E-state index in [1.165, 1.54) is 38.6 Å². The smallest absolute Gasteiger partial charge is 0.242 e. The van der Waals surface area contributed by atoms with E-state index >= 15 is 0 Å². The van der Waals surface area contributed by atoms with Crippen molar-refractivity contribution in [3.63, 3.8) is 0 Å². The minimum Gasteiger partial charge on any atom is -0.339 e. The van der Waals surface area contributed by atoms with E-state index in [0.717, 1.165) is 31.1 Å². The molecule has 1 saturated carbocycles. The molecule has 1 amide bonds. The molecule has 148 valence electrons. The van der Waals surface area contributed by atoms with Crippen molar-refractivity contribution in [1.29, 1.82) is 0 Å². The molecular formula is C23H29N3O2. The van der Waals surface area contributed by atoms with Gasteiger partial charge in [0.15, 0.2) is 5.43 Å². The van der Waals surface area contributed by atoms with Crippen LogP contribution in [0.5, 0.6) is 0 Å². The van der Waals surface area contributed by atoms with Gasteiger partial charge >= 0.3 is 0 Å². The molecule has 4 fully saturated rings. The van der Waals surface area contributed by atoms with Crippen LogP contribution in [0.15, 0.2) is 41.3 Å². The molecule has 0 N–H and O–H groups in total. The molecule has 2 bridgehead atoms. The summed E-state index contributed by atoms with van der Waals surface area (Å²) >= 11 is 0. The molecule has 6 rings (SSSR count). The minimum atomic E-state index is 0.0127. The number of rotatable bonds is 4. The Labute approximate surface area is 165 Å². The van der Waals surface area contributed by atoms with Crippen molar-refractivity contribution >= 4 is 16.8 Å². The zero-order valence-corrected chi connectivity index (χ0v) is 16.4. The summed E-state index contributed by atoms with van der Waals surface area (Å²) in [7, 11) is 0. The van der Waals surface area contributed by atoms with Crippen LogP contribution >= 0.6 is 0 Å². The molecule has 4 aliphatic rings. The molecule has 5 nitrogen and oxygen atoms in total. The summed E-state index contributed by atoms with van der Waals surface area (Å²) in [5, 5.41) is 0.681. The maximum atomic E-state index is 13.2. The predicted octanol–water partition coefficient (Wildman–Crippen LogP) is 2.72. The number of pyridine rings is 1. The van der Waals surface area contributed by atoms with Crippen molar-refractivity contribution in [2.75, 3.05) is 26.2 Å². The number of fused-ring (bicyclic) bond motifs is 5. The highest BCUT2D eigenvalue weighted by atomic mass is 16.2. The topological polar surface area (TPSA) is 45.6 Å². The molecule has 4 heterocycles. The molecule has 2 aromatic rings. The highest BCUT2D eigenvalue weighted by Crippen LogP contribution is 2.33. The zero-order chi connectivity index (χ0) is 19.1. The maximum Gasteiger partial charge on any atom is 0.242 e. The van der Waals surface area contributed by atoms with Gasteiger partial charge in [0.2, 0.25) is 5.91 Å². The normalized spacial score (nSPS) is 25.6. The van der Waals surface area contributed by atoms with Crippen LogP contribution in [0.4, 0.5) is 0 Å². The van der Waals surface area contributed by atoms with Crippen LogP contribution in [0.3, 0.4) is 0 Å². The van der Waals surface area contributed by atoms with Crippen molar-refractivity contribution in [3.05, 3.63) is 46.8 Å². The van der Waals surface area contributed by atoms with Crippen molar-refractivity contribution in [2.24, 2.45) is 11.8 Å². The number of nitrogens with zero attached hydrogens (tertiary/aromatic N) is 3. The number of para-hydroxylation sites is 1. The van der Waals surface area contributed by atoms with Crippen LogP contribution in [-0.4, -0.2) is 52.5 Å². The Morgan fingerprint density at radius 3 is 2.68 bits per heavy atom. The predicted molar refractivity (Wildman–Crippen MR) is 110 cm³/mol. The van der Waals surface area contributed by atoms with E-state index in [1.54, 1.807) is 12.3 Å². The Bertz CT molecular complexity index is 933. The van der Waals surface area contributed by atoms with E-state index in [1.807, 2.05) is 28.8 Å². The maximum absolute atomic E-state index is 13.2. The van der Waals surface area contributed by atoms with E-state index in [9.17, 15) is 9.59 Å². The van der Waals surface area contributed by atoms with Crippen LogP contribution < -0.4 is 5.43 Å². The Hall–Kier alpha value is -2.14. The fourth-order valence-electron chi connectivity index (χ4n) is 5.26. The fraction of sp³-hybridized carbons (Fsp3) is 0.565. The number of hydrogen-bond donors (Lipinski definition) is 0. The largest absolute Gasteiger partial charge is 0.339 e. The molecule has 0 radical (unpaired) electrons. The SMILES string of the molecule is O=C(Cn1ccc(=O)c2ccccc21)N1C[C@@H]2CC[C@H](C1)N(CC1CCC1)C2. The first kappa shape index (κ1) is 17.9. The van der Waals surface area contributed by atoms with Crippen LogP contribution in [0.2, 0.25) is 0 Å². The minimum absolute atomic E-state index is 0.0127. The average molecular weight is 380 g/mol. The van der Waals surface area contributed by atoms with Gasteiger partial charge in [-0.25, -0.2) is 0 Å². The summed E-state index contributed by atoms with van der Waals surface area (Å²) in [6.45, 7) is 4.44. The van der Waals surface area contributed by atoms with Gasteiger partial charge in [-0.3, -0.25) is 14.5 Å². The van der Waals surface area contributed by atoms with Gasteiger partial charge in [0, 0.05) is 49.9 Å². The summed E-state index contributed by atoms with van der Waals surface area (Å²) in [5.74, 6) is 1.67. The molecule has 1 aliphatic carbocycles. The first-order valence-corrected chi connectivity index (χ1v) is 10.8. The van der Waals surface area contributed by atoms with E-state index in [0.29, 0.717) is 23.9 Å². The van der Waals surface area contributed by atoms with E-state index in [4.69, 9.17) is 0 Å². The third-order valence-electron chi connectivity index (χ3n) is 7.09. The van der Waals surface area contributed by atoms with Gasteiger partial charge in [0.1, 0.15) is 6.54 Å². The van der Waals surface area contributed by atoms with Gasteiger partial charge in [-0.2, -0.15) is 0 Å². The van der Waals surface area contributed by atoms with Crippen LogP contribution in [-0.2, 0) is 11.3 Å². The molecule has 2 atom stereocenters. The Balaban J connectivity index is 1.32.